The largest absolute Gasteiger partial charge is 0.507 e. The number of phenolic OH excluding ortho intramolecular Hbond substituents is 1. The zero-order valence-corrected chi connectivity index (χ0v) is 16.2. The number of carbonyl (C=O) groups excluding carboxylic acids is 1. The summed E-state index contributed by atoms with van der Waals surface area (Å²) in [5.74, 6) is 0.740. The van der Waals surface area contributed by atoms with E-state index >= 15 is 0 Å². The van der Waals surface area contributed by atoms with E-state index in [-0.39, 0.29) is 11.5 Å². The van der Waals surface area contributed by atoms with Gasteiger partial charge in [0.05, 0.1) is 12.2 Å². The number of hydrogen-bond acceptors (Lipinski definition) is 3. The van der Waals surface area contributed by atoms with E-state index in [1.807, 2.05) is 0 Å². The van der Waals surface area contributed by atoms with Gasteiger partial charge in [0.1, 0.15) is 11.5 Å². The Hall–Kier alpha value is -1.51. The van der Waals surface area contributed by atoms with E-state index in [0.29, 0.717) is 24.3 Å². The molecule has 0 saturated carbocycles. The number of Topliss-reactive ketones (excluding diaryl/α,β-unsaturated/α-hetero) is 1. The summed E-state index contributed by atoms with van der Waals surface area (Å²) in [5.41, 5.74) is 0.393. The van der Waals surface area contributed by atoms with E-state index < -0.39 is 0 Å². The molecule has 0 amide bonds. The molecule has 25 heavy (non-hydrogen) atoms. The predicted octanol–water partition coefficient (Wildman–Crippen LogP) is 6.67. The second-order valence-corrected chi connectivity index (χ2v) is 6.88. The molecule has 0 aliphatic carbocycles. The number of unbranched alkanes of at least 4 members (excludes halogenated alkanes) is 9. The molecule has 0 radical (unpaired) electrons. The SMILES string of the molecule is CCCCCCCCCCOc1ccc(O)c(C(=O)CCCCC)c1. The van der Waals surface area contributed by atoms with Crippen LogP contribution in [0.4, 0.5) is 0 Å². The Morgan fingerprint density at radius 1 is 0.880 bits per heavy atom. The second kappa shape index (κ2) is 13.7. The first-order chi connectivity index (χ1) is 12.2. The van der Waals surface area contributed by atoms with Crippen molar-refractivity contribution in [3.8, 4) is 11.5 Å². The van der Waals surface area contributed by atoms with Crippen LogP contribution in [0.25, 0.3) is 0 Å². The summed E-state index contributed by atoms with van der Waals surface area (Å²) in [6.45, 7) is 5.02. The van der Waals surface area contributed by atoms with Crippen molar-refractivity contribution in [3.63, 3.8) is 0 Å². The monoisotopic (exact) mass is 348 g/mol. The molecule has 1 aromatic rings. The third-order valence-corrected chi connectivity index (χ3v) is 4.54. The number of ketones is 1. The number of hydrogen-bond donors (Lipinski definition) is 1. The summed E-state index contributed by atoms with van der Waals surface area (Å²) in [6.07, 6.45) is 13.6. The molecule has 0 bridgehead atoms. The van der Waals surface area contributed by atoms with Crippen LogP contribution >= 0.6 is 0 Å². The number of phenols is 1. The van der Waals surface area contributed by atoms with Crippen LogP contribution < -0.4 is 4.74 Å². The fraction of sp³-hybridized carbons (Fsp3) is 0.682. The van der Waals surface area contributed by atoms with Crippen molar-refractivity contribution >= 4 is 5.78 Å². The van der Waals surface area contributed by atoms with Crippen molar-refractivity contribution in [2.24, 2.45) is 0 Å². The Morgan fingerprint density at radius 3 is 2.16 bits per heavy atom. The molecule has 0 spiro atoms. The van der Waals surface area contributed by atoms with Crippen LogP contribution in [-0.2, 0) is 0 Å². The van der Waals surface area contributed by atoms with E-state index in [1.54, 1.807) is 18.2 Å². The topological polar surface area (TPSA) is 46.5 Å². The minimum Gasteiger partial charge on any atom is -0.507 e. The van der Waals surface area contributed by atoms with Crippen molar-refractivity contribution < 1.29 is 14.6 Å². The zero-order valence-electron chi connectivity index (χ0n) is 16.2. The lowest BCUT2D eigenvalue weighted by Crippen LogP contribution is -2.02. The lowest BCUT2D eigenvalue weighted by molar-refractivity contribution is 0.0976. The van der Waals surface area contributed by atoms with Crippen molar-refractivity contribution in [3.05, 3.63) is 23.8 Å². The first-order valence-electron chi connectivity index (χ1n) is 10.2. The van der Waals surface area contributed by atoms with Gasteiger partial charge in [0.25, 0.3) is 0 Å². The van der Waals surface area contributed by atoms with Gasteiger partial charge in [-0.1, -0.05) is 71.6 Å². The summed E-state index contributed by atoms with van der Waals surface area (Å²) in [6, 6.07) is 4.99. The Bertz CT molecular complexity index is 482. The molecule has 1 rings (SSSR count). The molecule has 0 atom stereocenters. The summed E-state index contributed by atoms with van der Waals surface area (Å²) >= 11 is 0. The maximum Gasteiger partial charge on any atom is 0.166 e. The van der Waals surface area contributed by atoms with Crippen LogP contribution in [-0.4, -0.2) is 17.5 Å². The van der Waals surface area contributed by atoms with Gasteiger partial charge < -0.3 is 9.84 Å². The molecule has 3 nitrogen and oxygen atoms in total. The normalized spacial score (nSPS) is 10.8. The van der Waals surface area contributed by atoms with Crippen molar-refractivity contribution in [1.29, 1.82) is 0 Å². The fourth-order valence-electron chi connectivity index (χ4n) is 2.92. The molecule has 0 aliphatic heterocycles. The zero-order chi connectivity index (χ0) is 18.3. The second-order valence-electron chi connectivity index (χ2n) is 6.88. The Balaban J connectivity index is 2.27. The average molecular weight is 349 g/mol. The van der Waals surface area contributed by atoms with E-state index in [2.05, 4.69) is 13.8 Å². The molecular weight excluding hydrogens is 312 g/mol. The fourth-order valence-corrected chi connectivity index (χ4v) is 2.92. The standard InChI is InChI=1S/C22H36O3/c1-3-5-7-8-9-10-11-13-17-25-19-15-16-22(24)20(18-19)21(23)14-12-6-4-2/h15-16,18,24H,3-14,17H2,1-2H3. The molecule has 142 valence electrons. The first-order valence-corrected chi connectivity index (χ1v) is 10.2. The molecule has 0 fully saturated rings. The average Bonchev–Trinajstić information content (AvgIpc) is 2.61. The molecule has 0 heterocycles. The van der Waals surface area contributed by atoms with Gasteiger partial charge in [-0.15, -0.1) is 0 Å². The van der Waals surface area contributed by atoms with Crippen molar-refractivity contribution in [1.82, 2.24) is 0 Å². The highest BCUT2D eigenvalue weighted by Gasteiger charge is 2.12. The first kappa shape index (κ1) is 21.5. The third-order valence-electron chi connectivity index (χ3n) is 4.54. The van der Waals surface area contributed by atoms with Crippen LogP contribution in [0, 0.1) is 0 Å². The molecule has 3 heteroatoms. The van der Waals surface area contributed by atoms with Crippen LogP contribution in [0.2, 0.25) is 0 Å². The van der Waals surface area contributed by atoms with E-state index in [1.165, 1.54) is 44.9 Å². The van der Waals surface area contributed by atoms with Crippen molar-refractivity contribution in [2.75, 3.05) is 6.61 Å². The number of aromatic hydroxyl groups is 1. The highest BCUT2D eigenvalue weighted by molar-refractivity contribution is 5.98. The molecule has 1 N–H and O–H groups in total. The Labute approximate surface area is 153 Å². The van der Waals surface area contributed by atoms with E-state index in [4.69, 9.17) is 4.74 Å². The van der Waals surface area contributed by atoms with Crippen molar-refractivity contribution in [2.45, 2.75) is 90.9 Å². The van der Waals surface area contributed by atoms with Crippen LogP contribution in [0.1, 0.15) is 101 Å². The summed E-state index contributed by atoms with van der Waals surface area (Å²) in [7, 11) is 0. The maximum atomic E-state index is 12.2. The molecule has 0 aliphatic rings. The lowest BCUT2D eigenvalue weighted by atomic mass is 10.0. The quantitative estimate of drug-likeness (QED) is 0.284. The highest BCUT2D eigenvalue weighted by Crippen LogP contribution is 2.25. The summed E-state index contributed by atoms with van der Waals surface area (Å²) < 4.78 is 5.76. The highest BCUT2D eigenvalue weighted by atomic mass is 16.5. The number of benzene rings is 1. The smallest absolute Gasteiger partial charge is 0.166 e. The van der Waals surface area contributed by atoms with Gasteiger partial charge in [-0.05, 0) is 31.0 Å². The molecule has 0 aromatic heterocycles. The summed E-state index contributed by atoms with van der Waals surface area (Å²) in [4.78, 5) is 12.2. The van der Waals surface area contributed by atoms with Gasteiger partial charge in [-0.25, -0.2) is 0 Å². The minimum atomic E-state index is 0.00322. The van der Waals surface area contributed by atoms with Gasteiger partial charge in [-0.3, -0.25) is 4.79 Å². The molecule has 0 unspecified atom stereocenters. The van der Waals surface area contributed by atoms with Crippen LogP contribution in [0.15, 0.2) is 18.2 Å². The van der Waals surface area contributed by atoms with Crippen LogP contribution in [0.3, 0.4) is 0 Å². The lowest BCUT2D eigenvalue weighted by Gasteiger charge is -2.09. The number of rotatable bonds is 15. The van der Waals surface area contributed by atoms with Gasteiger partial charge >= 0.3 is 0 Å². The Morgan fingerprint density at radius 2 is 1.48 bits per heavy atom. The summed E-state index contributed by atoms with van der Waals surface area (Å²) in [5, 5.41) is 9.92. The van der Waals surface area contributed by atoms with Gasteiger partial charge in [0.15, 0.2) is 5.78 Å². The Kier molecular flexibility index (Phi) is 11.8. The van der Waals surface area contributed by atoms with Gasteiger partial charge in [0, 0.05) is 6.42 Å². The molecular formula is C22H36O3. The maximum absolute atomic E-state index is 12.2. The molecule has 1 aromatic carbocycles. The predicted molar refractivity (Wildman–Crippen MR) is 105 cm³/mol. The molecule has 0 saturated heterocycles. The third kappa shape index (κ3) is 9.52. The number of ether oxygens (including phenoxy) is 1. The van der Waals surface area contributed by atoms with Crippen LogP contribution in [0.5, 0.6) is 11.5 Å². The van der Waals surface area contributed by atoms with Gasteiger partial charge in [0.2, 0.25) is 0 Å². The minimum absolute atomic E-state index is 0.00322. The van der Waals surface area contributed by atoms with E-state index in [0.717, 1.165) is 25.7 Å². The number of carbonyl (C=O) groups is 1. The van der Waals surface area contributed by atoms with E-state index in [9.17, 15) is 9.90 Å². The van der Waals surface area contributed by atoms with Gasteiger partial charge in [-0.2, -0.15) is 0 Å².